The maximum absolute atomic E-state index is 12.0. The van der Waals surface area contributed by atoms with E-state index in [0.29, 0.717) is 23.1 Å². The number of hydrogen-bond donors (Lipinski definition) is 2. The molecular formula is C21H21N3O3S. The normalized spacial score (nSPS) is 10.4. The summed E-state index contributed by atoms with van der Waals surface area (Å²) in [6.07, 6.45) is 0.776. The van der Waals surface area contributed by atoms with Gasteiger partial charge in [-0.2, -0.15) is 0 Å². The lowest BCUT2D eigenvalue weighted by Gasteiger charge is -2.07. The van der Waals surface area contributed by atoms with Gasteiger partial charge in [-0.05, 0) is 24.1 Å². The van der Waals surface area contributed by atoms with E-state index < -0.39 is 0 Å². The summed E-state index contributed by atoms with van der Waals surface area (Å²) in [6, 6.07) is 20.7. The number of ether oxygens (including phenoxy) is 1. The molecule has 28 heavy (non-hydrogen) atoms. The van der Waals surface area contributed by atoms with Crippen LogP contribution < -0.4 is 15.6 Å². The van der Waals surface area contributed by atoms with Crippen LogP contribution in [0.2, 0.25) is 0 Å². The lowest BCUT2D eigenvalue weighted by atomic mass is 10.1. The third-order valence-electron chi connectivity index (χ3n) is 3.82. The standard InChI is InChI=1S/C21H21N3O3S/c25-19-13-17(14-27-18-9-5-2-6-10-18)23-21(24-19)28-15-20(26)22-12-11-16-7-3-1-4-8-16/h1-10,13H,11-12,14-15H2,(H,22,26)(H,23,24,25). The topological polar surface area (TPSA) is 84.1 Å². The molecule has 2 N–H and O–H groups in total. The van der Waals surface area contributed by atoms with Crippen molar-refractivity contribution < 1.29 is 9.53 Å². The number of aromatic amines is 1. The van der Waals surface area contributed by atoms with E-state index >= 15 is 0 Å². The molecule has 7 heteroatoms. The molecule has 2 aromatic carbocycles. The molecule has 0 radical (unpaired) electrons. The lowest BCUT2D eigenvalue weighted by molar-refractivity contribution is -0.118. The number of rotatable bonds is 9. The van der Waals surface area contributed by atoms with Crippen LogP contribution >= 0.6 is 11.8 Å². The fourth-order valence-corrected chi connectivity index (χ4v) is 3.20. The van der Waals surface area contributed by atoms with Crippen LogP contribution in [0.15, 0.2) is 76.7 Å². The zero-order chi connectivity index (χ0) is 19.6. The van der Waals surface area contributed by atoms with Crippen LogP contribution in [0.3, 0.4) is 0 Å². The summed E-state index contributed by atoms with van der Waals surface area (Å²) >= 11 is 1.19. The summed E-state index contributed by atoms with van der Waals surface area (Å²) in [5, 5.41) is 3.27. The first-order valence-electron chi connectivity index (χ1n) is 8.90. The van der Waals surface area contributed by atoms with Crippen molar-refractivity contribution in [3.8, 4) is 5.75 Å². The highest BCUT2D eigenvalue weighted by Crippen LogP contribution is 2.13. The molecule has 6 nitrogen and oxygen atoms in total. The van der Waals surface area contributed by atoms with Crippen molar-refractivity contribution in [2.24, 2.45) is 0 Å². The third-order valence-corrected chi connectivity index (χ3v) is 4.69. The number of nitrogens with one attached hydrogen (secondary N) is 2. The Labute approximate surface area is 167 Å². The Balaban J connectivity index is 1.46. The van der Waals surface area contributed by atoms with E-state index in [-0.39, 0.29) is 23.8 Å². The second-order valence-corrected chi connectivity index (χ2v) is 6.98. The molecule has 0 fully saturated rings. The van der Waals surface area contributed by atoms with Gasteiger partial charge in [0.2, 0.25) is 5.91 Å². The van der Waals surface area contributed by atoms with E-state index in [9.17, 15) is 9.59 Å². The van der Waals surface area contributed by atoms with Gasteiger partial charge in [-0.15, -0.1) is 0 Å². The van der Waals surface area contributed by atoms with Crippen LogP contribution in [0, 0.1) is 0 Å². The van der Waals surface area contributed by atoms with Crippen molar-refractivity contribution in [2.75, 3.05) is 12.3 Å². The Hall–Kier alpha value is -3.06. The van der Waals surface area contributed by atoms with Crippen molar-refractivity contribution >= 4 is 17.7 Å². The van der Waals surface area contributed by atoms with Crippen LogP contribution in [-0.2, 0) is 17.8 Å². The Kier molecular flexibility index (Phi) is 7.26. The molecule has 0 unspecified atom stereocenters. The summed E-state index contributed by atoms with van der Waals surface area (Å²) in [6.45, 7) is 0.753. The van der Waals surface area contributed by atoms with E-state index in [1.54, 1.807) is 0 Å². The fraction of sp³-hybridized carbons (Fsp3) is 0.190. The number of para-hydroxylation sites is 1. The number of carbonyl (C=O) groups is 1. The van der Waals surface area contributed by atoms with Crippen LogP contribution in [0.25, 0.3) is 0 Å². The predicted molar refractivity (Wildman–Crippen MR) is 110 cm³/mol. The Morgan fingerprint density at radius 3 is 2.54 bits per heavy atom. The minimum absolute atomic E-state index is 0.102. The van der Waals surface area contributed by atoms with Gasteiger partial charge in [0.15, 0.2) is 5.16 Å². The Morgan fingerprint density at radius 1 is 1.07 bits per heavy atom. The lowest BCUT2D eigenvalue weighted by Crippen LogP contribution is -2.27. The van der Waals surface area contributed by atoms with Crippen LogP contribution in [0.1, 0.15) is 11.3 Å². The summed E-state index contributed by atoms with van der Waals surface area (Å²) in [4.78, 5) is 30.8. The first-order chi connectivity index (χ1) is 13.7. The van der Waals surface area contributed by atoms with Gasteiger partial charge < -0.3 is 15.0 Å². The quantitative estimate of drug-likeness (QED) is 0.430. The average molecular weight is 395 g/mol. The van der Waals surface area contributed by atoms with Crippen molar-refractivity contribution in [3.63, 3.8) is 0 Å². The van der Waals surface area contributed by atoms with E-state index in [2.05, 4.69) is 15.3 Å². The average Bonchev–Trinajstić information content (AvgIpc) is 2.72. The second-order valence-electron chi connectivity index (χ2n) is 6.02. The van der Waals surface area contributed by atoms with Gasteiger partial charge in [0.25, 0.3) is 5.56 Å². The highest BCUT2D eigenvalue weighted by atomic mass is 32.2. The molecule has 0 bridgehead atoms. The molecule has 0 saturated heterocycles. The molecule has 0 spiro atoms. The van der Waals surface area contributed by atoms with Gasteiger partial charge >= 0.3 is 0 Å². The minimum atomic E-state index is -0.270. The zero-order valence-corrected chi connectivity index (χ0v) is 16.1. The fourth-order valence-electron chi connectivity index (χ4n) is 2.48. The number of carbonyl (C=O) groups excluding carboxylic acids is 1. The van der Waals surface area contributed by atoms with Gasteiger partial charge in [-0.3, -0.25) is 9.59 Å². The molecule has 144 valence electrons. The van der Waals surface area contributed by atoms with Crippen LogP contribution in [-0.4, -0.2) is 28.2 Å². The van der Waals surface area contributed by atoms with Gasteiger partial charge in [0.1, 0.15) is 12.4 Å². The van der Waals surface area contributed by atoms with Gasteiger partial charge in [-0.25, -0.2) is 4.98 Å². The molecule has 3 aromatic rings. The first-order valence-corrected chi connectivity index (χ1v) is 9.89. The van der Waals surface area contributed by atoms with E-state index in [0.717, 1.165) is 6.42 Å². The molecule has 0 aliphatic carbocycles. The maximum atomic E-state index is 12.0. The molecule has 3 rings (SSSR count). The number of H-pyrrole nitrogens is 1. The molecule has 1 aromatic heterocycles. The predicted octanol–water partition coefficient (Wildman–Crippen LogP) is 2.80. The number of benzene rings is 2. The number of nitrogens with zero attached hydrogens (tertiary/aromatic N) is 1. The molecule has 0 aliphatic rings. The zero-order valence-electron chi connectivity index (χ0n) is 15.3. The van der Waals surface area contributed by atoms with Crippen molar-refractivity contribution in [2.45, 2.75) is 18.2 Å². The molecule has 0 atom stereocenters. The second kappa shape index (κ2) is 10.3. The molecule has 0 saturated carbocycles. The molecular weight excluding hydrogens is 374 g/mol. The monoisotopic (exact) mass is 395 g/mol. The SMILES string of the molecule is O=C(CSc1nc(COc2ccccc2)cc(=O)[nH]1)NCCc1ccccc1. The van der Waals surface area contributed by atoms with E-state index in [1.807, 2.05) is 60.7 Å². The highest BCUT2D eigenvalue weighted by Gasteiger charge is 2.07. The van der Waals surface area contributed by atoms with Gasteiger partial charge in [-0.1, -0.05) is 60.3 Å². The van der Waals surface area contributed by atoms with Gasteiger partial charge in [0, 0.05) is 12.6 Å². The van der Waals surface area contributed by atoms with Crippen molar-refractivity contribution in [1.29, 1.82) is 0 Å². The summed E-state index contributed by atoms with van der Waals surface area (Å²) < 4.78 is 5.62. The minimum Gasteiger partial charge on any atom is -0.487 e. The van der Waals surface area contributed by atoms with Crippen LogP contribution in [0.4, 0.5) is 0 Å². The summed E-state index contributed by atoms with van der Waals surface area (Å²) in [5.41, 5.74) is 1.42. The summed E-state index contributed by atoms with van der Waals surface area (Å²) in [7, 11) is 0. The van der Waals surface area contributed by atoms with E-state index in [4.69, 9.17) is 4.74 Å². The largest absolute Gasteiger partial charge is 0.487 e. The highest BCUT2D eigenvalue weighted by molar-refractivity contribution is 7.99. The third kappa shape index (κ3) is 6.59. The Bertz CT molecular complexity index is 946. The Morgan fingerprint density at radius 2 is 1.79 bits per heavy atom. The number of amides is 1. The maximum Gasteiger partial charge on any atom is 0.251 e. The number of thioether (sulfide) groups is 1. The van der Waals surface area contributed by atoms with Crippen molar-refractivity contribution in [3.05, 3.63) is 88.3 Å². The summed E-state index contributed by atoms with van der Waals surface area (Å²) in [5.74, 6) is 0.784. The first kappa shape index (κ1) is 19.7. The smallest absolute Gasteiger partial charge is 0.251 e. The molecule has 1 amide bonds. The van der Waals surface area contributed by atoms with Crippen LogP contribution in [0.5, 0.6) is 5.75 Å². The molecule has 0 aliphatic heterocycles. The van der Waals surface area contributed by atoms with Gasteiger partial charge in [0.05, 0.1) is 11.4 Å². The van der Waals surface area contributed by atoms with E-state index in [1.165, 1.54) is 23.4 Å². The number of aromatic nitrogens is 2. The molecule has 1 heterocycles. The van der Waals surface area contributed by atoms with Crippen molar-refractivity contribution in [1.82, 2.24) is 15.3 Å². The number of hydrogen-bond acceptors (Lipinski definition) is 5.